The van der Waals surface area contributed by atoms with E-state index in [1.165, 1.54) is 11.1 Å². The van der Waals surface area contributed by atoms with Gasteiger partial charge in [-0.05, 0) is 55.9 Å². The predicted molar refractivity (Wildman–Crippen MR) is 135 cm³/mol. The van der Waals surface area contributed by atoms with Crippen molar-refractivity contribution >= 4 is 11.9 Å². The third kappa shape index (κ3) is 7.65. The molecule has 33 heavy (non-hydrogen) atoms. The van der Waals surface area contributed by atoms with Crippen LogP contribution in [0.5, 0.6) is 0 Å². The molecule has 1 atom stereocenters. The Labute approximate surface area is 200 Å². The number of hydrogen-bond donors (Lipinski definition) is 0. The van der Waals surface area contributed by atoms with Crippen molar-refractivity contribution in [2.24, 2.45) is 5.92 Å². The lowest BCUT2D eigenvalue weighted by Crippen LogP contribution is -2.48. The van der Waals surface area contributed by atoms with Gasteiger partial charge in [0.1, 0.15) is 6.54 Å². The highest BCUT2D eigenvalue weighted by atomic mass is 16.2. The third-order valence-corrected chi connectivity index (χ3v) is 6.26. The Morgan fingerprint density at radius 1 is 1.03 bits per heavy atom. The van der Waals surface area contributed by atoms with Gasteiger partial charge in [0.15, 0.2) is 0 Å². The molecule has 6 heteroatoms. The van der Waals surface area contributed by atoms with E-state index in [4.69, 9.17) is 0 Å². The Bertz CT molecular complexity index is 903. The fraction of sp³-hybridized carbons (Fsp3) is 0.556. The van der Waals surface area contributed by atoms with Gasteiger partial charge in [-0.2, -0.15) is 0 Å². The van der Waals surface area contributed by atoms with Gasteiger partial charge >= 0.3 is 6.03 Å². The van der Waals surface area contributed by atoms with Gasteiger partial charge in [-0.15, -0.1) is 0 Å². The zero-order valence-corrected chi connectivity index (χ0v) is 21.5. The van der Waals surface area contributed by atoms with E-state index in [0.717, 1.165) is 25.1 Å². The molecule has 0 fully saturated rings. The first-order valence-corrected chi connectivity index (χ1v) is 12.1. The standard InChI is InChI=1S/C27H42N4O2/c1-8-23(5)31(26(32)20-30(17-15-21(2)3)27(33)28(6)7)19-25-14-11-16-29(25)18-24-13-10-9-12-22(24)4/h9-14,16,21,23H,8,15,17-20H2,1-7H3. The van der Waals surface area contributed by atoms with E-state index in [2.05, 4.69) is 75.7 Å². The van der Waals surface area contributed by atoms with Gasteiger partial charge < -0.3 is 19.3 Å². The second kappa shape index (κ2) is 12.5. The molecule has 0 N–H and O–H groups in total. The number of benzene rings is 1. The quantitative estimate of drug-likeness (QED) is 0.480. The predicted octanol–water partition coefficient (Wildman–Crippen LogP) is 5.00. The molecule has 1 aromatic carbocycles. The molecule has 0 spiro atoms. The summed E-state index contributed by atoms with van der Waals surface area (Å²) in [5, 5.41) is 0. The number of aryl methyl sites for hydroxylation is 1. The molecule has 1 aromatic heterocycles. The summed E-state index contributed by atoms with van der Waals surface area (Å²) >= 11 is 0. The highest BCUT2D eigenvalue weighted by Crippen LogP contribution is 2.17. The third-order valence-electron chi connectivity index (χ3n) is 6.26. The van der Waals surface area contributed by atoms with Gasteiger partial charge in [0, 0.05) is 45.1 Å². The fourth-order valence-electron chi connectivity index (χ4n) is 3.80. The van der Waals surface area contributed by atoms with Crippen LogP contribution >= 0.6 is 0 Å². The smallest absolute Gasteiger partial charge is 0.319 e. The highest BCUT2D eigenvalue weighted by Gasteiger charge is 2.25. The molecule has 182 valence electrons. The van der Waals surface area contributed by atoms with Gasteiger partial charge in [0.2, 0.25) is 5.91 Å². The van der Waals surface area contributed by atoms with E-state index in [1.54, 1.807) is 23.9 Å². The first kappa shape index (κ1) is 26.5. The van der Waals surface area contributed by atoms with E-state index >= 15 is 0 Å². The number of amides is 3. The normalized spacial score (nSPS) is 12.0. The second-order valence-electron chi connectivity index (χ2n) is 9.61. The maximum absolute atomic E-state index is 13.5. The summed E-state index contributed by atoms with van der Waals surface area (Å²) in [7, 11) is 3.47. The van der Waals surface area contributed by atoms with Crippen LogP contribution in [-0.4, -0.2) is 64.4 Å². The first-order chi connectivity index (χ1) is 15.6. The summed E-state index contributed by atoms with van der Waals surface area (Å²) < 4.78 is 2.21. The summed E-state index contributed by atoms with van der Waals surface area (Å²) in [6, 6.07) is 12.5. The van der Waals surface area contributed by atoms with Crippen molar-refractivity contribution in [3.05, 3.63) is 59.4 Å². The highest BCUT2D eigenvalue weighted by molar-refractivity contribution is 5.84. The van der Waals surface area contributed by atoms with Crippen LogP contribution in [-0.2, 0) is 17.9 Å². The number of carbonyl (C=O) groups is 2. The van der Waals surface area contributed by atoms with Crippen LogP contribution in [0.1, 0.15) is 57.4 Å². The van der Waals surface area contributed by atoms with Gasteiger partial charge in [-0.25, -0.2) is 4.79 Å². The average Bonchev–Trinajstić information content (AvgIpc) is 3.21. The van der Waals surface area contributed by atoms with Gasteiger partial charge in [-0.1, -0.05) is 45.0 Å². The fourth-order valence-corrected chi connectivity index (χ4v) is 3.80. The Morgan fingerprint density at radius 3 is 2.33 bits per heavy atom. The maximum Gasteiger partial charge on any atom is 0.319 e. The lowest BCUT2D eigenvalue weighted by molar-refractivity contribution is -0.134. The molecule has 0 aliphatic carbocycles. The van der Waals surface area contributed by atoms with Gasteiger partial charge in [-0.3, -0.25) is 4.79 Å². The monoisotopic (exact) mass is 454 g/mol. The summed E-state index contributed by atoms with van der Waals surface area (Å²) in [6.45, 7) is 12.6. The van der Waals surface area contributed by atoms with Crippen LogP contribution in [0.3, 0.4) is 0 Å². The summed E-state index contributed by atoms with van der Waals surface area (Å²) in [4.78, 5) is 31.4. The Kier molecular flexibility index (Phi) is 10.0. The van der Waals surface area contributed by atoms with Crippen molar-refractivity contribution in [2.75, 3.05) is 27.2 Å². The van der Waals surface area contributed by atoms with Crippen molar-refractivity contribution in [3.63, 3.8) is 0 Å². The first-order valence-electron chi connectivity index (χ1n) is 12.1. The number of aromatic nitrogens is 1. The maximum atomic E-state index is 13.5. The van der Waals surface area contributed by atoms with Crippen molar-refractivity contribution in [1.29, 1.82) is 0 Å². The Hall–Kier alpha value is -2.76. The topological polar surface area (TPSA) is 48.8 Å². The molecule has 1 heterocycles. The lowest BCUT2D eigenvalue weighted by Gasteiger charge is -2.33. The SMILES string of the molecule is CCC(C)N(Cc1cccn1Cc1ccccc1C)C(=O)CN(CCC(C)C)C(=O)N(C)C. The van der Waals surface area contributed by atoms with Crippen molar-refractivity contribution in [2.45, 2.75) is 66.6 Å². The minimum absolute atomic E-state index is 0.00746. The molecule has 3 amide bonds. The summed E-state index contributed by atoms with van der Waals surface area (Å²) in [5.41, 5.74) is 3.63. The largest absolute Gasteiger partial charge is 0.345 e. The zero-order valence-electron chi connectivity index (χ0n) is 21.5. The number of nitrogens with zero attached hydrogens (tertiary/aromatic N) is 4. The molecular formula is C27H42N4O2. The number of carbonyl (C=O) groups excluding carboxylic acids is 2. The van der Waals surface area contributed by atoms with E-state index in [1.807, 2.05) is 11.0 Å². The second-order valence-corrected chi connectivity index (χ2v) is 9.61. The van der Waals surface area contributed by atoms with Crippen LogP contribution in [0, 0.1) is 12.8 Å². The van der Waals surface area contributed by atoms with E-state index in [0.29, 0.717) is 19.0 Å². The van der Waals surface area contributed by atoms with Gasteiger partial charge in [0.25, 0.3) is 0 Å². The zero-order chi connectivity index (χ0) is 24.5. The van der Waals surface area contributed by atoms with Crippen molar-refractivity contribution in [3.8, 4) is 0 Å². The molecule has 0 aliphatic heterocycles. The summed E-state index contributed by atoms with van der Waals surface area (Å²) in [5.74, 6) is 0.458. The van der Waals surface area contributed by atoms with Crippen LogP contribution in [0.15, 0.2) is 42.6 Å². The molecule has 0 aliphatic rings. The molecule has 2 aromatic rings. The van der Waals surface area contributed by atoms with Crippen LogP contribution in [0.2, 0.25) is 0 Å². The summed E-state index contributed by atoms with van der Waals surface area (Å²) in [6.07, 6.45) is 3.80. The molecule has 0 radical (unpaired) electrons. The molecule has 6 nitrogen and oxygen atoms in total. The number of rotatable bonds is 11. The van der Waals surface area contributed by atoms with Crippen LogP contribution in [0.25, 0.3) is 0 Å². The van der Waals surface area contributed by atoms with Crippen molar-refractivity contribution in [1.82, 2.24) is 19.3 Å². The lowest BCUT2D eigenvalue weighted by atomic mass is 10.1. The van der Waals surface area contributed by atoms with E-state index in [-0.39, 0.29) is 24.5 Å². The average molecular weight is 455 g/mol. The molecule has 0 saturated heterocycles. The minimum atomic E-state index is -0.115. The van der Waals surface area contributed by atoms with E-state index in [9.17, 15) is 9.59 Å². The molecule has 0 saturated carbocycles. The minimum Gasteiger partial charge on any atom is -0.345 e. The van der Waals surface area contributed by atoms with Gasteiger partial charge in [0.05, 0.1) is 6.54 Å². The van der Waals surface area contributed by atoms with Crippen molar-refractivity contribution < 1.29 is 9.59 Å². The number of urea groups is 1. The van der Waals surface area contributed by atoms with Crippen LogP contribution in [0.4, 0.5) is 4.79 Å². The molecular weight excluding hydrogens is 412 g/mol. The Morgan fingerprint density at radius 2 is 1.73 bits per heavy atom. The molecule has 1 unspecified atom stereocenters. The van der Waals surface area contributed by atoms with E-state index < -0.39 is 0 Å². The molecule has 0 bridgehead atoms. The number of hydrogen-bond acceptors (Lipinski definition) is 2. The van der Waals surface area contributed by atoms with Crippen LogP contribution < -0.4 is 0 Å². The molecule has 2 rings (SSSR count). The Balaban J connectivity index is 2.21.